The van der Waals surface area contributed by atoms with E-state index in [1.807, 2.05) is 36.4 Å². The van der Waals surface area contributed by atoms with Gasteiger partial charge in [0.05, 0.1) is 11.9 Å². The van der Waals surface area contributed by atoms with Gasteiger partial charge in [-0.1, -0.05) is 36.4 Å². The highest BCUT2D eigenvalue weighted by molar-refractivity contribution is 5.87. The van der Waals surface area contributed by atoms with Gasteiger partial charge < -0.3 is 5.11 Å². The monoisotopic (exact) mass is 303 g/mol. The molecule has 2 aromatic carbocycles. The minimum atomic E-state index is 0.0196. The molecule has 1 N–H and O–H groups in total. The summed E-state index contributed by atoms with van der Waals surface area (Å²) < 4.78 is 0. The van der Waals surface area contributed by atoms with Crippen LogP contribution in [0, 0.1) is 0 Å². The van der Waals surface area contributed by atoms with Gasteiger partial charge in [-0.25, -0.2) is 0 Å². The molecule has 3 aromatic rings. The van der Waals surface area contributed by atoms with E-state index in [0.717, 1.165) is 17.4 Å². The van der Waals surface area contributed by atoms with E-state index < -0.39 is 0 Å². The summed E-state index contributed by atoms with van der Waals surface area (Å²) in [7, 11) is 0. The number of hydrogen-bond acceptors (Lipinski definition) is 5. The van der Waals surface area contributed by atoms with Crippen LogP contribution in [0.1, 0.15) is 10.4 Å². The van der Waals surface area contributed by atoms with Crippen LogP contribution in [0.4, 0.5) is 11.4 Å². The molecule has 112 valence electrons. The molecular formula is C18H13N3O2. The number of nitrogens with zero attached hydrogens (tertiary/aromatic N) is 3. The maximum absolute atomic E-state index is 11.2. The Morgan fingerprint density at radius 3 is 2.70 bits per heavy atom. The molecule has 0 atom stereocenters. The Hall–Kier alpha value is -3.34. The van der Waals surface area contributed by atoms with Crippen LogP contribution in [-0.4, -0.2) is 16.4 Å². The molecule has 3 rings (SSSR count). The Morgan fingerprint density at radius 2 is 1.87 bits per heavy atom. The molecule has 0 bridgehead atoms. The van der Waals surface area contributed by atoms with Crippen LogP contribution in [-0.2, 0) is 0 Å². The maximum atomic E-state index is 11.2. The zero-order chi connectivity index (χ0) is 16.1. The van der Waals surface area contributed by atoms with Gasteiger partial charge in [0.15, 0.2) is 6.29 Å². The van der Waals surface area contributed by atoms with E-state index in [2.05, 4.69) is 15.2 Å². The van der Waals surface area contributed by atoms with E-state index >= 15 is 0 Å². The summed E-state index contributed by atoms with van der Waals surface area (Å²) in [5.74, 6) is 0.0196. The lowest BCUT2D eigenvalue weighted by atomic mass is 10.0. The van der Waals surface area contributed by atoms with Gasteiger partial charge in [0, 0.05) is 17.8 Å². The summed E-state index contributed by atoms with van der Waals surface area (Å²) >= 11 is 0. The van der Waals surface area contributed by atoms with Crippen molar-refractivity contribution in [1.82, 2.24) is 4.98 Å². The van der Waals surface area contributed by atoms with Crippen molar-refractivity contribution in [2.24, 2.45) is 10.2 Å². The molecule has 0 aliphatic carbocycles. The van der Waals surface area contributed by atoms with Gasteiger partial charge in [0.1, 0.15) is 11.4 Å². The maximum Gasteiger partial charge on any atom is 0.150 e. The number of pyridine rings is 1. The Bertz CT molecular complexity index is 875. The predicted octanol–water partition coefficient (Wildman–Crippen LogP) is 4.68. The molecule has 1 heterocycles. The van der Waals surface area contributed by atoms with Crippen LogP contribution in [0.5, 0.6) is 5.75 Å². The van der Waals surface area contributed by atoms with Gasteiger partial charge in [-0.3, -0.25) is 9.78 Å². The van der Waals surface area contributed by atoms with E-state index in [-0.39, 0.29) is 5.75 Å². The average Bonchev–Trinajstić information content (AvgIpc) is 2.61. The SMILES string of the molecule is O=Cc1ccccc1-c1cccc(/N=N/c2cnccc2O)c1. The quantitative estimate of drug-likeness (QED) is 0.561. The molecule has 0 unspecified atom stereocenters. The molecule has 0 saturated carbocycles. The van der Waals surface area contributed by atoms with E-state index in [0.29, 0.717) is 16.9 Å². The van der Waals surface area contributed by atoms with E-state index in [1.165, 1.54) is 18.5 Å². The lowest BCUT2D eigenvalue weighted by Gasteiger charge is -2.05. The fourth-order valence-corrected chi connectivity index (χ4v) is 2.17. The number of carbonyl (C=O) groups is 1. The predicted molar refractivity (Wildman–Crippen MR) is 87.3 cm³/mol. The first kappa shape index (κ1) is 14.6. The number of rotatable bonds is 4. The van der Waals surface area contributed by atoms with Crippen molar-refractivity contribution in [3.8, 4) is 16.9 Å². The largest absolute Gasteiger partial charge is 0.505 e. The van der Waals surface area contributed by atoms with Gasteiger partial charge in [-0.2, -0.15) is 5.11 Å². The fourth-order valence-electron chi connectivity index (χ4n) is 2.17. The van der Waals surface area contributed by atoms with Crippen molar-refractivity contribution in [3.63, 3.8) is 0 Å². The van der Waals surface area contributed by atoms with Crippen LogP contribution in [0.25, 0.3) is 11.1 Å². The number of aldehydes is 1. The molecule has 0 aliphatic rings. The summed E-state index contributed by atoms with van der Waals surface area (Å²) in [6.45, 7) is 0. The average molecular weight is 303 g/mol. The lowest BCUT2D eigenvalue weighted by Crippen LogP contribution is -1.86. The van der Waals surface area contributed by atoms with Gasteiger partial charge in [0.2, 0.25) is 0 Å². The number of aromatic hydroxyl groups is 1. The summed E-state index contributed by atoms with van der Waals surface area (Å²) in [6.07, 6.45) is 3.74. The van der Waals surface area contributed by atoms with Crippen molar-refractivity contribution in [3.05, 3.63) is 72.6 Å². The molecule has 5 nitrogen and oxygen atoms in total. The number of carbonyl (C=O) groups excluding carboxylic acids is 1. The van der Waals surface area contributed by atoms with Crippen LogP contribution >= 0.6 is 0 Å². The number of benzene rings is 2. The number of hydrogen-bond donors (Lipinski definition) is 1. The molecule has 0 amide bonds. The van der Waals surface area contributed by atoms with E-state index in [9.17, 15) is 9.90 Å². The zero-order valence-electron chi connectivity index (χ0n) is 12.1. The van der Waals surface area contributed by atoms with E-state index in [1.54, 1.807) is 12.1 Å². The second-order valence-corrected chi connectivity index (χ2v) is 4.82. The van der Waals surface area contributed by atoms with Gasteiger partial charge in [-0.15, -0.1) is 5.11 Å². The minimum Gasteiger partial charge on any atom is -0.505 e. The zero-order valence-corrected chi connectivity index (χ0v) is 12.1. The third-order valence-electron chi connectivity index (χ3n) is 3.30. The van der Waals surface area contributed by atoms with E-state index in [4.69, 9.17) is 0 Å². The molecule has 0 fully saturated rings. The molecule has 0 saturated heterocycles. The highest BCUT2D eigenvalue weighted by Crippen LogP contribution is 2.29. The van der Waals surface area contributed by atoms with Crippen molar-refractivity contribution >= 4 is 17.7 Å². The third kappa shape index (κ3) is 3.29. The van der Waals surface area contributed by atoms with Gasteiger partial charge >= 0.3 is 0 Å². The summed E-state index contributed by atoms with van der Waals surface area (Å²) in [5.41, 5.74) is 3.24. The molecule has 0 spiro atoms. The molecular weight excluding hydrogens is 290 g/mol. The van der Waals surface area contributed by atoms with Crippen LogP contribution in [0.2, 0.25) is 0 Å². The molecule has 1 aromatic heterocycles. The van der Waals surface area contributed by atoms with Gasteiger partial charge in [-0.05, 0) is 23.3 Å². The van der Waals surface area contributed by atoms with Crippen LogP contribution in [0.15, 0.2) is 77.2 Å². The highest BCUT2D eigenvalue weighted by atomic mass is 16.3. The molecule has 0 aliphatic heterocycles. The summed E-state index contributed by atoms with van der Waals surface area (Å²) in [6, 6.07) is 16.2. The Morgan fingerprint density at radius 1 is 1.00 bits per heavy atom. The highest BCUT2D eigenvalue weighted by Gasteiger charge is 2.04. The van der Waals surface area contributed by atoms with Crippen molar-refractivity contribution in [1.29, 1.82) is 0 Å². The van der Waals surface area contributed by atoms with Crippen molar-refractivity contribution < 1.29 is 9.90 Å². The Labute approximate surface area is 133 Å². The summed E-state index contributed by atoms with van der Waals surface area (Å²) in [5, 5.41) is 17.8. The summed E-state index contributed by atoms with van der Waals surface area (Å²) in [4.78, 5) is 15.1. The molecule has 23 heavy (non-hydrogen) atoms. The molecule has 5 heteroatoms. The lowest BCUT2D eigenvalue weighted by molar-refractivity contribution is 0.112. The van der Waals surface area contributed by atoms with Crippen molar-refractivity contribution in [2.45, 2.75) is 0 Å². The van der Waals surface area contributed by atoms with Crippen LogP contribution in [0.3, 0.4) is 0 Å². The topological polar surface area (TPSA) is 74.9 Å². The second kappa shape index (κ2) is 6.62. The standard InChI is InChI=1S/C18H13N3O2/c22-12-14-4-1-2-7-16(14)13-5-3-6-15(10-13)20-21-17-11-19-9-8-18(17)23/h1-12H,(H,19,23)/b21-20+. The number of aromatic nitrogens is 1. The fraction of sp³-hybridized carbons (Fsp3) is 0. The Kier molecular flexibility index (Phi) is 4.20. The normalized spacial score (nSPS) is 10.8. The third-order valence-corrected chi connectivity index (χ3v) is 3.30. The number of azo groups is 1. The minimum absolute atomic E-state index is 0.0196. The van der Waals surface area contributed by atoms with Crippen molar-refractivity contribution in [2.75, 3.05) is 0 Å². The Balaban J connectivity index is 1.94. The first-order valence-corrected chi connectivity index (χ1v) is 6.97. The molecule has 0 radical (unpaired) electrons. The first-order valence-electron chi connectivity index (χ1n) is 6.97. The smallest absolute Gasteiger partial charge is 0.150 e. The van der Waals surface area contributed by atoms with Crippen LogP contribution < -0.4 is 0 Å². The first-order chi connectivity index (χ1) is 11.3. The van der Waals surface area contributed by atoms with Gasteiger partial charge in [0.25, 0.3) is 0 Å². The second-order valence-electron chi connectivity index (χ2n) is 4.82.